The van der Waals surface area contributed by atoms with Crippen molar-refractivity contribution in [2.75, 3.05) is 25.1 Å². The van der Waals surface area contributed by atoms with Crippen molar-refractivity contribution in [1.82, 2.24) is 5.32 Å². The van der Waals surface area contributed by atoms with E-state index in [2.05, 4.69) is 38.7 Å². The summed E-state index contributed by atoms with van der Waals surface area (Å²) < 4.78 is 6.61. The van der Waals surface area contributed by atoms with Crippen LogP contribution in [0.5, 0.6) is 0 Å². The Labute approximate surface area is 194 Å². The number of ether oxygens (including phenoxy) is 1. The van der Waals surface area contributed by atoms with E-state index in [0.29, 0.717) is 35.9 Å². The quantitative estimate of drug-likeness (QED) is 0.488. The van der Waals surface area contributed by atoms with Crippen LogP contribution in [0.15, 0.2) is 70.5 Å². The van der Waals surface area contributed by atoms with Crippen LogP contribution in [0.25, 0.3) is 0 Å². The number of para-hydroxylation sites is 1. The lowest BCUT2D eigenvalue weighted by atomic mass is 9.74. The van der Waals surface area contributed by atoms with Gasteiger partial charge < -0.3 is 15.4 Å². The molecule has 1 aliphatic heterocycles. The fraction of sp³-hybridized carbons (Fsp3) is 0.250. The minimum Gasteiger partial charge on any atom is -0.381 e. The molecule has 2 aromatic carbocycles. The molecule has 0 unspecified atom stereocenters. The van der Waals surface area contributed by atoms with Crippen molar-refractivity contribution in [3.63, 3.8) is 0 Å². The van der Waals surface area contributed by atoms with E-state index in [-0.39, 0.29) is 17.2 Å². The van der Waals surface area contributed by atoms with Gasteiger partial charge in [-0.15, -0.1) is 11.3 Å². The summed E-state index contributed by atoms with van der Waals surface area (Å²) in [7, 11) is 0. The Kier molecular flexibility index (Phi) is 6.85. The summed E-state index contributed by atoms with van der Waals surface area (Å²) in [6, 6.07) is 18.9. The van der Waals surface area contributed by atoms with E-state index in [1.54, 1.807) is 24.3 Å². The number of hydrogen-bond acceptors (Lipinski definition) is 4. The lowest BCUT2D eigenvalue weighted by molar-refractivity contribution is 0.0487. The summed E-state index contributed by atoms with van der Waals surface area (Å²) in [4.78, 5) is 26.2. The van der Waals surface area contributed by atoms with Crippen LogP contribution in [0.2, 0.25) is 0 Å². The molecule has 0 radical (unpaired) electrons. The highest BCUT2D eigenvalue weighted by Gasteiger charge is 2.35. The lowest BCUT2D eigenvalue weighted by Crippen LogP contribution is -2.44. The van der Waals surface area contributed by atoms with Gasteiger partial charge in [0.1, 0.15) is 0 Å². The zero-order chi connectivity index (χ0) is 21.7. The standard InChI is InChI=1S/C24H23BrN2O3S/c25-18-6-3-5-17(15-18)24(10-12-30-13-11-24)16-26-22(28)19-7-1-2-8-20(19)27-23(29)21-9-4-14-31-21/h1-9,14-15H,10-13,16H2,(H,26,28)(H,27,29). The smallest absolute Gasteiger partial charge is 0.265 e. The average Bonchev–Trinajstić information content (AvgIpc) is 3.34. The molecule has 7 heteroatoms. The lowest BCUT2D eigenvalue weighted by Gasteiger charge is -2.38. The SMILES string of the molecule is O=C(Nc1ccccc1C(=O)NCC1(c2cccc(Br)c2)CCOCC1)c1cccs1. The van der Waals surface area contributed by atoms with Gasteiger partial charge >= 0.3 is 0 Å². The van der Waals surface area contributed by atoms with Crippen LogP contribution >= 0.6 is 27.3 Å². The van der Waals surface area contributed by atoms with Gasteiger partial charge in [0.2, 0.25) is 0 Å². The minimum atomic E-state index is -0.217. The normalized spacial score (nSPS) is 15.3. The van der Waals surface area contributed by atoms with Crippen molar-refractivity contribution in [2.24, 2.45) is 0 Å². The average molecular weight is 499 g/mol. The first-order valence-corrected chi connectivity index (χ1v) is 11.8. The van der Waals surface area contributed by atoms with Crippen molar-refractivity contribution in [3.8, 4) is 0 Å². The summed E-state index contributed by atoms with van der Waals surface area (Å²) in [6.07, 6.45) is 1.67. The highest BCUT2D eigenvalue weighted by molar-refractivity contribution is 9.10. The van der Waals surface area contributed by atoms with E-state index in [9.17, 15) is 9.59 Å². The molecule has 0 bridgehead atoms. The fourth-order valence-electron chi connectivity index (χ4n) is 3.87. The van der Waals surface area contributed by atoms with Crippen LogP contribution in [0.4, 0.5) is 5.69 Å². The second kappa shape index (κ2) is 9.77. The molecule has 0 aliphatic carbocycles. The number of amides is 2. The molecule has 3 aromatic rings. The number of benzene rings is 2. The first kappa shape index (κ1) is 21.7. The third kappa shape index (κ3) is 5.06. The summed E-state index contributed by atoms with van der Waals surface area (Å²) in [5.41, 5.74) is 1.95. The van der Waals surface area contributed by atoms with Gasteiger partial charge in [-0.05, 0) is 54.1 Å². The number of thiophene rings is 1. The Morgan fingerprint density at radius 3 is 2.55 bits per heavy atom. The van der Waals surface area contributed by atoms with Gasteiger partial charge in [-0.1, -0.05) is 46.3 Å². The Hall–Kier alpha value is -2.48. The van der Waals surface area contributed by atoms with E-state index in [0.717, 1.165) is 17.3 Å². The van der Waals surface area contributed by atoms with Gasteiger partial charge in [-0.3, -0.25) is 9.59 Å². The topological polar surface area (TPSA) is 67.4 Å². The van der Waals surface area contributed by atoms with Gasteiger partial charge in [-0.25, -0.2) is 0 Å². The Morgan fingerprint density at radius 1 is 1.00 bits per heavy atom. The Bertz CT molecular complexity index is 1060. The molecule has 1 aromatic heterocycles. The molecule has 1 saturated heterocycles. The molecule has 5 nitrogen and oxygen atoms in total. The van der Waals surface area contributed by atoms with Crippen LogP contribution < -0.4 is 10.6 Å². The monoisotopic (exact) mass is 498 g/mol. The molecular formula is C24H23BrN2O3S. The van der Waals surface area contributed by atoms with Gasteiger partial charge in [0.15, 0.2) is 0 Å². The largest absolute Gasteiger partial charge is 0.381 e. The van der Waals surface area contributed by atoms with Gasteiger partial charge in [0, 0.05) is 29.6 Å². The number of hydrogen-bond donors (Lipinski definition) is 2. The minimum absolute atomic E-state index is 0.188. The fourth-order valence-corrected chi connectivity index (χ4v) is 4.89. The summed E-state index contributed by atoms with van der Waals surface area (Å²) >= 11 is 4.92. The number of nitrogens with one attached hydrogen (secondary N) is 2. The molecule has 0 saturated carbocycles. The third-order valence-electron chi connectivity index (χ3n) is 5.64. The van der Waals surface area contributed by atoms with Gasteiger partial charge in [-0.2, -0.15) is 0 Å². The molecule has 0 spiro atoms. The molecule has 2 heterocycles. The maximum atomic E-state index is 13.1. The predicted octanol–water partition coefficient (Wildman–Crippen LogP) is 5.24. The maximum absolute atomic E-state index is 13.1. The summed E-state index contributed by atoms with van der Waals surface area (Å²) in [5, 5.41) is 7.83. The van der Waals surface area contributed by atoms with Gasteiger partial charge in [0.25, 0.3) is 11.8 Å². The molecule has 1 fully saturated rings. The van der Waals surface area contributed by atoms with E-state index < -0.39 is 0 Å². The molecule has 4 rings (SSSR count). The second-order valence-corrected chi connectivity index (χ2v) is 9.43. The zero-order valence-corrected chi connectivity index (χ0v) is 19.3. The molecule has 1 aliphatic rings. The third-order valence-corrected chi connectivity index (χ3v) is 7.00. The van der Waals surface area contributed by atoms with Crippen molar-refractivity contribution in [3.05, 3.63) is 86.5 Å². The highest BCUT2D eigenvalue weighted by atomic mass is 79.9. The second-order valence-electron chi connectivity index (χ2n) is 7.56. The molecular weight excluding hydrogens is 476 g/mol. The zero-order valence-electron chi connectivity index (χ0n) is 16.9. The molecule has 160 valence electrons. The van der Waals surface area contributed by atoms with Crippen LogP contribution in [0, 0.1) is 0 Å². The predicted molar refractivity (Wildman–Crippen MR) is 127 cm³/mol. The van der Waals surface area contributed by atoms with E-state index >= 15 is 0 Å². The number of carbonyl (C=O) groups is 2. The summed E-state index contributed by atoms with van der Waals surface area (Å²) in [5.74, 6) is -0.423. The first-order valence-electron chi connectivity index (χ1n) is 10.1. The van der Waals surface area contributed by atoms with Crippen LogP contribution in [0.3, 0.4) is 0 Å². The van der Waals surface area contributed by atoms with Crippen molar-refractivity contribution in [2.45, 2.75) is 18.3 Å². The molecule has 0 atom stereocenters. The highest BCUT2D eigenvalue weighted by Crippen LogP contribution is 2.35. The molecule has 31 heavy (non-hydrogen) atoms. The molecule has 2 N–H and O–H groups in total. The van der Waals surface area contributed by atoms with E-state index in [1.807, 2.05) is 29.6 Å². The molecule has 2 amide bonds. The number of rotatable bonds is 6. The maximum Gasteiger partial charge on any atom is 0.265 e. The number of carbonyl (C=O) groups excluding carboxylic acids is 2. The van der Waals surface area contributed by atoms with Crippen LogP contribution in [-0.2, 0) is 10.2 Å². The number of anilines is 1. The summed E-state index contributed by atoms with van der Waals surface area (Å²) in [6.45, 7) is 1.82. The number of halogens is 1. The van der Waals surface area contributed by atoms with Crippen molar-refractivity contribution < 1.29 is 14.3 Å². The van der Waals surface area contributed by atoms with Crippen LogP contribution in [0.1, 0.15) is 38.4 Å². The first-order chi connectivity index (χ1) is 15.1. The Morgan fingerprint density at radius 2 is 1.81 bits per heavy atom. The van der Waals surface area contributed by atoms with E-state index in [4.69, 9.17) is 4.74 Å². The van der Waals surface area contributed by atoms with Crippen LogP contribution in [-0.4, -0.2) is 31.6 Å². The van der Waals surface area contributed by atoms with Gasteiger partial charge in [0.05, 0.1) is 16.1 Å². The Balaban J connectivity index is 1.52. The van der Waals surface area contributed by atoms with E-state index in [1.165, 1.54) is 16.9 Å². The van der Waals surface area contributed by atoms with Crippen molar-refractivity contribution >= 4 is 44.8 Å². The van der Waals surface area contributed by atoms with Crippen molar-refractivity contribution in [1.29, 1.82) is 0 Å².